The second-order valence-corrected chi connectivity index (χ2v) is 12.2. The maximum Gasteiger partial charge on any atom is 0.00361 e. The first-order valence-corrected chi connectivity index (χ1v) is 13.9. The van der Waals surface area contributed by atoms with Crippen molar-refractivity contribution in [1.82, 2.24) is 0 Å². The summed E-state index contributed by atoms with van der Waals surface area (Å²) in [5.41, 5.74) is 9.50. The van der Waals surface area contributed by atoms with Gasteiger partial charge in [-0.25, -0.2) is 0 Å². The molecule has 10 rings (SSSR count). The zero-order valence-corrected chi connectivity index (χ0v) is 20.6. The van der Waals surface area contributed by atoms with Crippen LogP contribution < -0.4 is 0 Å². The van der Waals surface area contributed by atoms with E-state index in [0.717, 1.165) is 17.8 Å². The van der Waals surface area contributed by atoms with Crippen molar-refractivity contribution in [3.05, 3.63) is 108 Å². The second-order valence-electron chi connectivity index (χ2n) is 12.2. The van der Waals surface area contributed by atoms with Gasteiger partial charge < -0.3 is 0 Å². The molecule has 3 unspecified atom stereocenters. The van der Waals surface area contributed by atoms with Crippen molar-refractivity contribution >= 4 is 21.5 Å². The van der Waals surface area contributed by atoms with E-state index in [0.29, 0.717) is 11.3 Å². The third-order valence-corrected chi connectivity index (χ3v) is 10.5. The van der Waals surface area contributed by atoms with Gasteiger partial charge in [0.1, 0.15) is 0 Å². The van der Waals surface area contributed by atoms with E-state index in [2.05, 4.69) is 97.1 Å². The van der Waals surface area contributed by atoms with Crippen LogP contribution in [-0.2, 0) is 5.41 Å². The molecule has 0 radical (unpaired) electrons. The Morgan fingerprint density at radius 3 is 2.11 bits per heavy atom. The molecule has 0 nitrogen and oxygen atoms in total. The minimum Gasteiger partial charge on any atom is -0.0619 e. The molecule has 5 aromatic rings. The molecule has 5 aromatic carbocycles. The van der Waals surface area contributed by atoms with Crippen molar-refractivity contribution in [1.29, 1.82) is 0 Å². The summed E-state index contributed by atoms with van der Waals surface area (Å²) in [5, 5.41) is 5.42. The molecule has 4 saturated carbocycles. The number of hydrogen-bond donors (Lipinski definition) is 0. The highest BCUT2D eigenvalue weighted by molar-refractivity contribution is 6.15. The van der Waals surface area contributed by atoms with Gasteiger partial charge in [0.05, 0.1) is 0 Å². The van der Waals surface area contributed by atoms with Crippen LogP contribution in [0.3, 0.4) is 0 Å². The molecular weight excluding hydrogens is 432 g/mol. The van der Waals surface area contributed by atoms with Gasteiger partial charge >= 0.3 is 0 Å². The second kappa shape index (κ2) is 6.88. The number of rotatable bonds is 1. The van der Waals surface area contributed by atoms with Gasteiger partial charge in [-0.1, -0.05) is 91.0 Å². The average molecular weight is 463 g/mol. The Bertz CT molecular complexity index is 1690. The topological polar surface area (TPSA) is 0 Å². The molecular formula is C36H30. The fourth-order valence-corrected chi connectivity index (χ4v) is 9.73. The first-order valence-electron chi connectivity index (χ1n) is 13.9. The highest BCUT2D eigenvalue weighted by Crippen LogP contribution is 2.70. The number of fused-ring (bicyclic) bond motifs is 6. The number of hydrogen-bond acceptors (Lipinski definition) is 0. The molecule has 0 heterocycles. The summed E-state index contributed by atoms with van der Waals surface area (Å²) >= 11 is 0. The van der Waals surface area contributed by atoms with Gasteiger partial charge in [-0.3, -0.25) is 0 Å². The molecule has 5 aliphatic rings. The van der Waals surface area contributed by atoms with Crippen LogP contribution in [0, 0.1) is 17.8 Å². The highest BCUT2D eigenvalue weighted by atomic mass is 14.6. The Balaban J connectivity index is 1.40. The molecule has 4 bridgehead atoms. The molecule has 5 aliphatic carbocycles. The lowest BCUT2D eigenvalue weighted by Crippen LogP contribution is -2.55. The van der Waals surface area contributed by atoms with Crippen LogP contribution >= 0.6 is 0 Å². The van der Waals surface area contributed by atoms with E-state index < -0.39 is 0 Å². The van der Waals surface area contributed by atoms with Crippen LogP contribution in [0.4, 0.5) is 0 Å². The van der Waals surface area contributed by atoms with E-state index in [9.17, 15) is 0 Å². The predicted octanol–water partition coefficient (Wildman–Crippen LogP) is 9.50. The van der Waals surface area contributed by atoms with Crippen LogP contribution in [-0.4, -0.2) is 0 Å². The zero-order chi connectivity index (χ0) is 23.4. The third kappa shape index (κ3) is 2.41. The molecule has 4 fully saturated rings. The quantitative estimate of drug-likeness (QED) is 0.218. The lowest BCUT2D eigenvalue weighted by molar-refractivity contribution is -0.0289. The Morgan fingerprint density at radius 2 is 1.25 bits per heavy atom. The van der Waals surface area contributed by atoms with Crippen molar-refractivity contribution in [2.45, 2.75) is 43.4 Å². The van der Waals surface area contributed by atoms with E-state index in [-0.39, 0.29) is 0 Å². The normalized spacial score (nSPS) is 29.2. The van der Waals surface area contributed by atoms with Crippen LogP contribution in [0.5, 0.6) is 0 Å². The largest absolute Gasteiger partial charge is 0.0619 e. The smallest absolute Gasteiger partial charge is 0.00361 e. The average Bonchev–Trinajstić information content (AvgIpc) is 2.92. The molecule has 0 saturated heterocycles. The SMILES string of the molecule is c1ccc2c(c1)-c1c(-c3cc4ccccc4c4ccccc34)cccc1C13CC4CC(CC(C4)C21)C3. The Kier molecular flexibility index (Phi) is 3.78. The van der Waals surface area contributed by atoms with E-state index in [1.807, 2.05) is 0 Å². The van der Waals surface area contributed by atoms with Crippen LogP contribution in [0.15, 0.2) is 97.1 Å². The Morgan fingerprint density at radius 1 is 0.556 bits per heavy atom. The fourth-order valence-electron chi connectivity index (χ4n) is 9.73. The summed E-state index contributed by atoms with van der Waals surface area (Å²) in [7, 11) is 0. The van der Waals surface area contributed by atoms with Crippen molar-refractivity contribution in [3.8, 4) is 22.3 Å². The van der Waals surface area contributed by atoms with Gasteiger partial charge in [0.2, 0.25) is 0 Å². The van der Waals surface area contributed by atoms with Gasteiger partial charge in [-0.05, 0) is 117 Å². The summed E-state index contributed by atoms with van der Waals surface area (Å²) in [6, 6.07) is 37.2. The molecule has 0 heteroatoms. The molecule has 0 aromatic heterocycles. The fraction of sp³-hybridized carbons (Fsp3) is 0.278. The van der Waals surface area contributed by atoms with Crippen LogP contribution in [0.25, 0.3) is 43.8 Å². The summed E-state index contributed by atoms with van der Waals surface area (Å²) in [5.74, 6) is 3.44. The summed E-state index contributed by atoms with van der Waals surface area (Å²) in [6.45, 7) is 0. The standard InChI is InChI=1S/C36H30/c1-2-9-26-24(8-1)19-32(28-11-4-3-10-27(26)28)30-14-7-15-33-34(30)29-12-5-6-13-31(29)35-25-17-22-16-23(18-25)21-36(33,35)20-22/h1-15,19,22-23,25,35H,16-18,20-21H2. The molecule has 174 valence electrons. The van der Waals surface area contributed by atoms with Gasteiger partial charge in [0.25, 0.3) is 0 Å². The summed E-state index contributed by atoms with van der Waals surface area (Å²) < 4.78 is 0. The maximum atomic E-state index is 2.53. The van der Waals surface area contributed by atoms with Gasteiger partial charge in [0, 0.05) is 5.41 Å². The zero-order valence-electron chi connectivity index (χ0n) is 20.6. The lowest BCUT2D eigenvalue weighted by atomic mass is 9.40. The number of benzene rings is 5. The molecule has 36 heavy (non-hydrogen) atoms. The Hall–Kier alpha value is -3.38. The minimum atomic E-state index is 0.334. The molecule has 0 aliphatic heterocycles. The maximum absolute atomic E-state index is 2.53. The van der Waals surface area contributed by atoms with Crippen molar-refractivity contribution in [2.24, 2.45) is 17.8 Å². The van der Waals surface area contributed by atoms with E-state index in [4.69, 9.17) is 0 Å². The Labute approximate surface area is 213 Å². The monoisotopic (exact) mass is 462 g/mol. The van der Waals surface area contributed by atoms with Crippen molar-refractivity contribution in [3.63, 3.8) is 0 Å². The minimum absolute atomic E-state index is 0.334. The molecule has 0 amide bonds. The van der Waals surface area contributed by atoms with Crippen molar-refractivity contribution < 1.29 is 0 Å². The van der Waals surface area contributed by atoms with Gasteiger partial charge in [0.15, 0.2) is 0 Å². The van der Waals surface area contributed by atoms with Crippen LogP contribution in [0.2, 0.25) is 0 Å². The third-order valence-electron chi connectivity index (χ3n) is 10.5. The first-order chi connectivity index (χ1) is 17.8. The van der Waals surface area contributed by atoms with Crippen molar-refractivity contribution in [2.75, 3.05) is 0 Å². The first kappa shape index (κ1) is 19.8. The highest BCUT2D eigenvalue weighted by Gasteiger charge is 2.60. The molecule has 3 atom stereocenters. The van der Waals surface area contributed by atoms with Gasteiger partial charge in [-0.15, -0.1) is 0 Å². The van der Waals surface area contributed by atoms with E-state index in [1.165, 1.54) is 75.9 Å². The lowest BCUT2D eigenvalue weighted by Gasteiger charge is -2.64. The van der Waals surface area contributed by atoms with Gasteiger partial charge in [-0.2, -0.15) is 0 Å². The van der Waals surface area contributed by atoms with E-state index in [1.54, 1.807) is 11.1 Å². The summed E-state index contributed by atoms with van der Waals surface area (Å²) in [6.07, 6.45) is 7.20. The van der Waals surface area contributed by atoms with Crippen LogP contribution in [0.1, 0.15) is 49.1 Å². The molecule has 0 N–H and O–H groups in total. The molecule has 1 spiro atoms. The van der Waals surface area contributed by atoms with E-state index >= 15 is 0 Å². The summed E-state index contributed by atoms with van der Waals surface area (Å²) in [4.78, 5) is 0. The predicted molar refractivity (Wildman–Crippen MR) is 150 cm³/mol.